The summed E-state index contributed by atoms with van der Waals surface area (Å²) in [4.78, 5) is 14.9. The van der Waals surface area contributed by atoms with E-state index in [1.54, 1.807) is 13.1 Å². The standard InChI is InChI=1S/C12H11NO.Y/c1-7-4-5-10-11(9(7)3)12(14)8(2)6-13-10;/h4-6H,1,3H2,2H3,(H,13,14);/q-2;. The van der Waals surface area contributed by atoms with Gasteiger partial charge in [0.05, 0.1) is 0 Å². The number of fused-ring (bicyclic) bond motifs is 1. The number of hydrogen-bond acceptors (Lipinski definition) is 1. The molecule has 0 fully saturated rings. The largest absolute Gasteiger partial charge is 0.373 e. The number of benzene rings is 1. The second-order valence-corrected chi connectivity index (χ2v) is 3.43. The molecule has 0 unspecified atom stereocenters. The number of aromatic amines is 1. The summed E-state index contributed by atoms with van der Waals surface area (Å²) in [5.74, 6) is 0. The monoisotopic (exact) mass is 274 g/mol. The van der Waals surface area contributed by atoms with Gasteiger partial charge in [0.15, 0.2) is 0 Å². The summed E-state index contributed by atoms with van der Waals surface area (Å²) >= 11 is 0. The Kier molecular flexibility index (Phi) is 3.64. The number of H-pyrrole nitrogens is 1. The Morgan fingerprint density at radius 3 is 2.60 bits per heavy atom. The fraction of sp³-hybridized carbons (Fsp3) is 0.0833. The smallest absolute Gasteiger partial charge is 0.126 e. The minimum absolute atomic E-state index is 0. The number of aryl methyl sites for hydroxylation is 1. The van der Waals surface area contributed by atoms with Crippen molar-refractivity contribution in [3.8, 4) is 0 Å². The summed E-state index contributed by atoms with van der Waals surface area (Å²) in [7, 11) is 0. The van der Waals surface area contributed by atoms with Crippen LogP contribution in [0.4, 0.5) is 0 Å². The first-order valence-corrected chi connectivity index (χ1v) is 4.40. The maximum absolute atomic E-state index is 11.8. The second-order valence-electron chi connectivity index (χ2n) is 3.43. The van der Waals surface area contributed by atoms with E-state index in [0.29, 0.717) is 16.5 Å². The number of pyridine rings is 1. The molecule has 75 valence electrons. The van der Waals surface area contributed by atoms with Crippen LogP contribution < -0.4 is 5.43 Å². The van der Waals surface area contributed by atoms with Crippen molar-refractivity contribution in [1.29, 1.82) is 0 Å². The van der Waals surface area contributed by atoms with Crippen molar-refractivity contribution in [1.82, 2.24) is 4.98 Å². The summed E-state index contributed by atoms with van der Waals surface area (Å²) in [6.45, 7) is 9.48. The molecule has 1 N–H and O–H groups in total. The summed E-state index contributed by atoms with van der Waals surface area (Å²) in [6.07, 6.45) is 1.72. The van der Waals surface area contributed by atoms with Gasteiger partial charge in [-0.1, -0.05) is 0 Å². The average molecular weight is 274 g/mol. The van der Waals surface area contributed by atoms with Gasteiger partial charge in [-0.15, -0.1) is 11.5 Å². The molecule has 15 heavy (non-hydrogen) atoms. The molecule has 2 aromatic rings. The first kappa shape index (κ1) is 12.3. The van der Waals surface area contributed by atoms with Crippen molar-refractivity contribution in [2.75, 3.05) is 0 Å². The van der Waals surface area contributed by atoms with Crippen LogP contribution in [0.1, 0.15) is 16.7 Å². The predicted octanol–water partition coefficient (Wildman–Crippen LogP) is 2.20. The zero-order chi connectivity index (χ0) is 10.3. The third-order valence-electron chi connectivity index (χ3n) is 2.44. The molecular weight excluding hydrogens is 263 g/mol. The fourth-order valence-electron chi connectivity index (χ4n) is 1.52. The van der Waals surface area contributed by atoms with Gasteiger partial charge in [-0.2, -0.15) is 0 Å². The molecule has 1 aromatic heterocycles. The topological polar surface area (TPSA) is 32.9 Å². The van der Waals surface area contributed by atoms with Gasteiger partial charge < -0.3 is 9.78 Å². The molecule has 0 spiro atoms. The SMILES string of the molecule is [CH2-]c1ccc2[nH]cc(C)c(=O)c2c1[CH2-].[Y]. The fourth-order valence-corrected chi connectivity index (χ4v) is 1.52. The van der Waals surface area contributed by atoms with E-state index in [2.05, 4.69) is 18.8 Å². The predicted molar refractivity (Wildman–Crippen MR) is 58.2 cm³/mol. The van der Waals surface area contributed by atoms with Crippen LogP contribution in [0.2, 0.25) is 0 Å². The molecule has 0 amide bonds. The third-order valence-corrected chi connectivity index (χ3v) is 2.44. The van der Waals surface area contributed by atoms with E-state index in [1.165, 1.54) is 0 Å². The van der Waals surface area contributed by atoms with Gasteiger partial charge in [0.2, 0.25) is 0 Å². The summed E-state index contributed by atoms with van der Waals surface area (Å²) in [5, 5.41) is 0.650. The maximum atomic E-state index is 11.8. The molecule has 0 aliphatic carbocycles. The van der Waals surface area contributed by atoms with Crippen molar-refractivity contribution >= 4 is 10.9 Å². The van der Waals surface area contributed by atoms with Gasteiger partial charge in [0, 0.05) is 38.9 Å². The van der Waals surface area contributed by atoms with E-state index in [0.717, 1.165) is 11.1 Å². The zero-order valence-electron chi connectivity index (χ0n) is 8.63. The van der Waals surface area contributed by atoms with Crippen LogP contribution in [-0.2, 0) is 32.7 Å². The molecule has 0 saturated carbocycles. The van der Waals surface area contributed by atoms with Crippen molar-refractivity contribution in [2.24, 2.45) is 0 Å². The molecule has 2 nitrogen and oxygen atoms in total. The molecule has 2 rings (SSSR count). The van der Waals surface area contributed by atoms with Crippen molar-refractivity contribution in [3.63, 3.8) is 0 Å². The Hall–Kier alpha value is -0.726. The average Bonchev–Trinajstić information content (AvgIpc) is 2.17. The summed E-state index contributed by atoms with van der Waals surface area (Å²) < 4.78 is 0. The van der Waals surface area contributed by atoms with Gasteiger partial charge in [0.1, 0.15) is 5.43 Å². The summed E-state index contributed by atoms with van der Waals surface area (Å²) in [5.41, 5.74) is 3.07. The zero-order valence-corrected chi connectivity index (χ0v) is 11.5. The van der Waals surface area contributed by atoms with Crippen LogP contribution in [0.15, 0.2) is 23.1 Å². The van der Waals surface area contributed by atoms with Gasteiger partial charge >= 0.3 is 0 Å². The minimum Gasteiger partial charge on any atom is -0.373 e. The molecule has 0 aliphatic heterocycles. The van der Waals surface area contributed by atoms with E-state index in [-0.39, 0.29) is 38.1 Å². The molecule has 1 radical (unpaired) electrons. The number of rotatable bonds is 0. The van der Waals surface area contributed by atoms with Gasteiger partial charge in [0.25, 0.3) is 0 Å². The first-order valence-electron chi connectivity index (χ1n) is 4.40. The molecular formula is C12H11NOY-2. The van der Waals surface area contributed by atoms with Crippen LogP contribution in [-0.4, -0.2) is 4.98 Å². The minimum atomic E-state index is 0. The maximum Gasteiger partial charge on any atom is 0.126 e. The van der Waals surface area contributed by atoms with E-state index in [9.17, 15) is 4.79 Å². The van der Waals surface area contributed by atoms with Crippen molar-refractivity contribution in [2.45, 2.75) is 6.92 Å². The molecule has 0 bridgehead atoms. The normalized spacial score (nSPS) is 9.93. The van der Waals surface area contributed by atoms with Crippen molar-refractivity contribution in [3.05, 3.63) is 59.1 Å². The van der Waals surface area contributed by atoms with E-state index < -0.39 is 0 Å². The Morgan fingerprint density at radius 1 is 1.27 bits per heavy atom. The van der Waals surface area contributed by atoms with E-state index in [1.807, 2.05) is 12.1 Å². The third kappa shape index (κ3) is 1.97. The van der Waals surface area contributed by atoms with Gasteiger partial charge in [-0.25, -0.2) is 6.07 Å². The van der Waals surface area contributed by atoms with Crippen molar-refractivity contribution < 1.29 is 32.7 Å². The van der Waals surface area contributed by atoms with E-state index >= 15 is 0 Å². The van der Waals surface area contributed by atoms with Gasteiger partial charge in [-0.3, -0.25) is 25.0 Å². The number of nitrogens with one attached hydrogen (secondary N) is 1. The van der Waals surface area contributed by atoms with Crippen LogP contribution in [0.3, 0.4) is 0 Å². The van der Waals surface area contributed by atoms with Crippen LogP contribution in [0, 0.1) is 20.8 Å². The van der Waals surface area contributed by atoms with E-state index in [4.69, 9.17) is 0 Å². The quantitative estimate of drug-likeness (QED) is 0.734. The molecule has 0 atom stereocenters. The Morgan fingerprint density at radius 2 is 1.93 bits per heavy atom. The Bertz CT molecular complexity index is 552. The number of aromatic nitrogens is 1. The molecule has 0 aliphatic rings. The molecule has 1 aromatic carbocycles. The van der Waals surface area contributed by atoms with Gasteiger partial charge in [-0.05, 0) is 18.0 Å². The Labute approximate surface area is 114 Å². The Balaban J connectivity index is 0.00000112. The van der Waals surface area contributed by atoms with Crippen LogP contribution >= 0.6 is 0 Å². The number of hydrogen-bond donors (Lipinski definition) is 1. The molecule has 1 heterocycles. The molecule has 3 heteroatoms. The molecule has 0 saturated heterocycles. The second kappa shape index (κ2) is 4.42. The summed E-state index contributed by atoms with van der Waals surface area (Å²) in [6, 6.07) is 3.71. The first-order chi connectivity index (χ1) is 6.61. The van der Waals surface area contributed by atoms with Crippen LogP contribution in [0.5, 0.6) is 0 Å². The van der Waals surface area contributed by atoms with Crippen LogP contribution in [0.25, 0.3) is 10.9 Å².